The molecule has 1 unspecified atom stereocenters. The van der Waals surface area contributed by atoms with Crippen molar-refractivity contribution in [2.24, 2.45) is 0 Å². The predicted molar refractivity (Wildman–Crippen MR) is 87.5 cm³/mol. The molecule has 0 bridgehead atoms. The van der Waals surface area contributed by atoms with E-state index in [9.17, 15) is 4.79 Å². The van der Waals surface area contributed by atoms with Gasteiger partial charge in [0.2, 0.25) is 0 Å². The average molecular weight is 306 g/mol. The Morgan fingerprint density at radius 1 is 1.27 bits per heavy atom. The predicted octanol–water partition coefficient (Wildman–Crippen LogP) is 2.16. The molecule has 0 aromatic heterocycles. The van der Waals surface area contributed by atoms with E-state index in [0.717, 1.165) is 31.9 Å². The van der Waals surface area contributed by atoms with Crippen LogP contribution in [0.1, 0.15) is 20.3 Å². The van der Waals surface area contributed by atoms with Crippen molar-refractivity contribution in [3.8, 4) is 5.75 Å². The van der Waals surface area contributed by atoms with Gasteiger partial charge in [0.25, 0.3) is 0 Å². The van der Waals surface area contributed by atoms with Crippen LogP contribution in [0.15, 0.2) is 24.3 Å². The Balaban J connectivity index is 1.85. The van der Waals surface area contributed by atoms with E-state index >= 15 is 0 Å². The standard InChI is InChI=1S/C17H26N2O3/c1-4-22-17(20)12-14(2)18-8-10-19(11-9-18)15-6-5-7-16(13-15)21-3/h5-7,13-14H,4,8-12H2,1-3H3. The molecule has 122 valence electrons. The van der Waals surface area contributed by atoms with Crippen molar-refractivity contribution in [3.05, 3.63) is 24.3 Å². The molecule has 1 fully saturated rings. The first-order valence-electron chi connectivity index (χ1n) is 7.92. The number of ether oxygens (including phenoxy) is 2. The van der Waals surface area contributed by atoms with Crippen LogP contribution in [0.25, 0.3) is 0 Å². The van der Waals surface area contributed by atoms with E-state index in [1.54, 1.807) is 7.11 Å². The zero-order valence-corrected chi connectivity index (χ0v) is 13.7. The van der Waals surface area contributed by atoms with Gasteiger partial charge in [-0.1, -0.05) is 6.07 Å². The highest BCUT2D eigenvalue weighted by Gasteiger charge is 2.23. The van der Waals surface area contributed by atoms with Crippen molar-refractivity contribution < 1.29 is 14.3 Å². The van der Waals surface area contributed by atoms with Crippen LogP contribution in [0.5, 0.6) is 5.75 Å². The smallest absolute Gasteiger partial charge is 0.307 e. The van der Waals surface area contributed by atoms with Crippen LogP contribution in [0.3, 0.4) is 0 Å². The number of hydrogen-bond acceptors (Lipinski definition) is 5. The second-order valence-corrected chi connectivity index (χ2v) is 5.58. The Labute approximate surface area is 132 Å². The molecule has 1 saturated heterocycles. The number of hydrogen-bond donors (Lipinski definition) is 0. The third kappa shape index (κ3) is 4.37. The molecule has 0 radical (unpaired) electrons. The van der Waals surface area contributed by atoms with Crippen LogP contribution in [-0.2, 0) is 9.53 Å². The number of anilines is 1. The lowest BCUT2D eigenvalue weighted by atomic mass is 10.1. The van der Waals surface area contributed by atoms with Crippen molar-refractivity contribution in [2.45, 2.75) is 26.3 Å². The molecule has 5 nitrogen and oxygen atoms in total. The van der Waals surface area contributed by atoms with Gasteiger partial charge in [-0.05, 0) is 26.0 Å². The maximum Gasteiger partial charge on any atom is 0.307 e. The van der Waals surface area contributed by atoms with Crippen LogP contribution < -0.4 is 9.64 Å². The summed E-state index contributed by atoms with van der Waals surface area (Å²) in [6.45, 7) is 8.22. The number of carbonyl (C=O) groups is 1. The summed E-state index contributed by atoms with van der Waals surface area (Å²) >= 11 is 0. The van der Waals surface area contributed by atoms with Crippen molar-refractivity contribution in [3.63, 3.8) is 0 Å². The molecule has 1 heterocycles. The van der Waals surface area contributed by atoms with Crippen molar-refractivity contribution in [2.75, 3.05) is 44.8 Å². The van der Waals surface area contributed by atoms with Gasteiger partial charge in [0, 0.05) is 44.0 Å². The Kier molecular flexibility index (Phi) is 6.07. The fourth-order valence-corrected chi connectivity index (χ4v) is 2.82. The van der Waals surface area contributed by atoms with E-state index in [2.05, 4.69) is 28.9 Å². The SMILES string of the molecule is CCOC(=O)CC(C)N1CCN(c2cccc(OC)c2)CC1. The first-order chi connectivity index (χ1) is 10.6. The number of nitrogens with zero attached hydrogens (tertiary/aromatic N) is 2. The fourth-order valence-electron chi connectivity index (χ4n) is 2.82. The molecule has 0 N–H and O–H groups in total. The summed E-state index contributed by atoms with van der Waals surface area (Å²) in [5.74, 6) is 0.779. The van der Waals surface area contributed by atoms with Gasteiger partial charge >= 0.3 is 5.97 Å². The number of rotatable bonds is 6. The molecule has 1 atom stereocenters. The van der Waals surface area contributed by atoms with Gasteiger partial charge in [0.05, 0.1) is 20.1 Å². The lowest BCUT2D eigenvalue weighted by molar-refractivity contribution is -0.144. The highest BCUT2D eigenvalue weighted by atomic mass is 16.5. The summed E-state index contributed by atoms with van der Waals surface area (Å²) in [5.41, 5.74) is 1.19. The summed E-state index contributed by atoms with van der Waals surface area (Å²) in [6, 6.07) is 8.38. The summed E-state index contributed by atoms with van der Waals surface area (Å²) in [5, 5.41) is 0. The molecule has 22 heavy (non-hydrogen) atoms. The minimum absolute atomic E-state index is 0.106. The first-order valence-corrected chi connectivity index (χ1v) is 7.92. The molecule has 0 amide bonds. The molecule has 1 aromatic rings. The molecular weight excluding hydrogens is 280 g/mol. The topological polar surface area (TPSA) is 42.0 Å². The molecule has 5 heteroatoms. The van der Waals surface area contributed by atoms with E-state index in [1.807, 2.05) is 19.1 Å². The molecule has 1 aliphatic rings. The normalized spacial score (nSPS) is 17.1. The first kappa shape index (κ1) is 16.6. The summed E-state index contributed by atoms with van der Waals surface area (Å²) in [6.07, 6.45) is 0.465. The van der Waals surface area contributed by atoms with Crippen LogP contribution in [0, 0.1) is 0 Å². The third-order valence-electron chi connectivity index (χ3n) is 4.12. The molecule has 0 spiro atoms. The molecule has 1 aromatic carbocycles. The Hall–Kier alpha value is -1.75. The van der Waals surface area contributed by atoms with Gasteiger partial charge in [-0.15, -0.1) is 0 Å². The monoisotopic (exact) mass is 306 g/mol. The zero-order valence-electron chi connectivity index (χ0n) is 13.7. The van der Waals surface area contributed by atoms with Crippen LogP contribution >= 0.6 is 0 Å². The van der Waals surface area contributed by atoms with Gasteiger partial charge in [0.15, 0.2) is 0 Å². The Morgan fingerprint density at radius 3 is 2.64 bits per heavy atom. The van der Waals surface area contributed by atoms with Crippen molar-refractivity contribution >= 4 is 11.7 Å². The Morgan fingerprint density at radius 2 is 2.00 bits per heavy atom. The number of benzene rings is 1. The lowest BCUT2D eigenvalue weighted by Gasteiger charge is -2.39. The molecule has 1 aliphatic heterocycles. The van der Waals surface area contributed by atoms with E-state index in [1.165, 1.54) is 5.69 Å². The molecule has 2 rings (SSSR count). The van der Waals surface area contributed by atoms with Crippen LogP contribution in [0.4, 0.5) is 5.69 Å². The quantitative estimate of drug-likeness (QED) is 0.753. The second-order valence-electron chi connectivity index (χ2n) is 5.58. The zero-order chi connectivity index (χ0) is 15.9. The van der Waals surface area contributed by atoms with E-state index in [-0.39, 0.29) is 12.0 Å². The highest BCUT2D eigenvalue weighted by molar-refractivity contribution is 5.70. The number of methoxy groups -OCH3 is 1. The number of piperazine rings is 1. The van der Waals surface area contributed by atoms with Gasteiger partial charge in [-0.3, -0.25) is 9.69 Å². The second kappa shape index (κ2) is 8.03. The Bertz CT molecular complexity index is 485. The van der Waals surface area contributed by atoms with E-state index < -0.39 is 0 Å². The van der Waals surface area contributed by atoms with Gasteiger partial charge in [-0.25, -0.2) is 0 Å². The van der Waals surface area contributed by atoms with E-state index in [4.69, 9.17) is 9.47 Å². The minimum Gasteiger partial charge on any atom is -0.497 e. The van der Waals surface area contributed by atoms with Crippen molar-refractivity contribution in [1.82, 2.24) is 4.90 Å². The average Bonchev–Trinajstić information content (AvgIpc) is 2.55. The van der Waals surface area contributed by atoms with Gasteiger partial charge in [-0.2, -0.15) is 0 Å². The molecule has 0 aliphatic carbocycles. The maximum atomic E-state index is 11.6. The fraction of sp³-hybridized carbons (Fsp3) is 0.588. The molecular formula is C17H26N2O3. The highest BCUT2D eigenvalue weighted by Crippen LogP contribution is 2.22. The van der Waals surface area contributed by atoms with Crippen LogP contribution in [0.2, 0.25) is 0 Å². The summed E-state index contributed by atoms with van der Waals surface area (Å²) in [7, 11) is 1.69. The van der Waals surface area contributed by atoms with Crippen molar-refractivity contribution in [1.29, 1.82) is 0 Å². The summed E-state index contributed by atoms with van der Waals surface area (Å²) in [4.78, 5) is 16.3. The van der Waals surface area contributed by atoms with Gasteiger partial charge in [0.1, 0.15) is 5.75 Å². The van der Waals surface area contributed by atoms with E-state index in [0.29, 0.717) is 13.0 Å². The number of carbonyl (C=O) groups excluding carboxylic acids is 1. The molecule has 0 saturated carbocycles. The largest absolute Gasteiger partial charge is 0.497 e. The maximum absolute atomic E-state index is 11.6. The third-order valence-corrected chi connectivity index (χ3v) is 4.12. The minimum atomic E-state index is -0.106. The summed E-state index contributed by atoms with van der Waals surface area (Å²) < 4.78 is 10.3. The van der Waals surface area contributed by atoms with Crippen LogP contribution in [-0.4, -0.2) is 56.8 Å². The van der Waals surface area contributed by atoms with Gasteiger partial charge < -0.3 is 14.4 Å². The number of esters is 1. The lowest BCUT2D eigenvalue weighted by Crippen LogP contribution is -2.50.